The Bertz CT molecular complexity index is 594. The van der Waals surface area contributed by atoms with Gasteiger partial charge in [0, 0.05) is 32.1 Å². The van der Waals surface area contributed by atoms with E-state index in [9.17, 15) is 0 Å². The lowest BCUT2D eigenvalue weighted by Crippen LogP contribution is -2.47. The van der Waals surface area contributed by atoms with Crippen molar-refractivity contribution in [2.24, 2.45) is 16.3 Å². The quantitative estimate of drug-likeness (QED) is 0.524. The Kier molecular flexibility index (Phi) is 7.53. The van der Waals surface area contributed by atoms with Crippen molar-refractivity contribution in [1.29, 1.82) is 0 Å². The topological polar surface area (TPSA) is 52.6 Å². The highest BCUT2D eigenvalue weighted by Crippen LogP contribution is 2.42. The third-order valence-electron chi connectivity index (χ3n) is 6.57. The molecule has 0 atom stereocenters. The van der Waals surface area contributed by atoms with Crippen LogP contribution in [0.4, 0.5) is 0 Å². The third kappa shape index (κ3) is 5.67. The molecule has 1 aliphatic heterocycles. The first-order valence-electron chi connectivity index (χ1n) is 10.8. The maximum Gasteiger partial charge on any atom is 0.191 e. The van der Waals surface area contributed by atoms with Gasteiger partial charge in [0.2, 0.25) is 0 Å². The van der Waals surface area contributed by atoms with Gasteiger partial charge in [-0.2, -0.15) is 0 Å². The summed E-state index contributed by atoms with van der Waals surface area (Å²) in [4.78, 5) is 11.7. The molecule has 2 aliphatic rings. The normalized spacial score (nSPS) is 21.1. The summed E-state index contributed by atoms with van der Waals surface area (Å²) in [6, 6.07) is 0. The molecule has 1 saturated heterocycles. The van der Waals surface area contributed by atoms with E-state index >= 15 is 0 Å². The molecule has 1 aromatic rings. The van der Waals surface area contributed by atoms with Crippen molar-refractivity contribution in [3.63, 3.8) is 0 Å². The third-order valence-corrected chi connectivity index (χ3v) is 7.61. The Morgan fingerprint density at radius 3 is 2.63 bits per heavy atom. The number of piperidine rings is 1. The summed E-state index contributed by atoms with van der Waals surface area (Å²) in [7, 11) is 1.88. The van der Waals surface area contributed by atoms with Gasteiger partial charge in [0.25, 0.3) is 0 Å². The van der Waals surface area contributed by atoms with Gasteiger partial charge in [-0.3, -0.25) is 9.89 Å². The van der Waals surface area contributed by atoms with Crippen LogP contribution in [-0.4, -0.2) is 49.1 Å². The highest BCUT2D eigenvalue weighted by Gasteiger charge is 2.34. The minimum atomic E-state index is 0.524. The van der Waals surface area contributed by atoms with Crippen molar-refractivity contribution in [2.75, 3.05) is 33.2 Å². The van der Waals surface area contributed by atoms with E-state index in [4.69, 9.17) is 4.98 Å². The van der Waals surface area contributed by atoms with Gasteiger partial charge in [-0.1, -0.05) is 20.3 Å². The number of likely N-dealkylation sites (tertiary alicyclic amines) is 1. The molecule has 152 valence electrons. The number of guanidine groups is 1. The van der Waals surface area contributed by atoms with Crippen LogP contribution < -0.4 is 10.6 Å². The molecule has 2 heterocycles. The Balaban J connectivity index is 1.34. The molecule has 5 nitrogen and oxygen atoms in total. The largest absolute Gasteiger partial charge is 0.356 e. The first kappa shape index (κ1) is 20.6. The van der Waals surface area contributed by atoms with Gasteiger partial charge in [0.15, 0.2) is 5.96 Å². The summed E-state index contributed by atoms with van der Waals surface area (Å²) in [6.45, 7) is 9.96. The number of aryl methyl sites for hydroxylation is 1. The van der Waals surface area contributed by atoms with Gasteiger partial charge in [-0.05, 0) is 62.9 Å². The number of aliphatic imine (C=N–C) groups is 1. The average molecular weight is 392 g/mol. The zero-order valence-electron chi connectivity index (χ0n) is 17.4. The van der Waals surface area contributed by atoms with Crippen LogP contribution in [0.25, 0.3) is 0 Å². The molecule has 1 aromatic heterocycles. The van der Waals surface area contributed by atoms with E-state index in [1.165, 1.54) is 62.3 Å². The maximum absolute atomic E-state index is 4.71. The molecule has 0 amide bonds. The van der Waals surface area contributed by atoms with Crippen LogP contribution in [0, 0.1) is 11.3 Å². The Hall–Kier alpha value is -1.14. The number of hydrogen-bond acceptors (Lipinski definition) is 4. The smallest absolute Gasteiger partial charge is 0.191 e. The fraction of sp³-hybridized carbons (Fsp3) is 0.810. The fourth-order valence-electron chi connectivity index (χ4n) is 4.23. The van der Waals surface area contributed by atoms with E-state index < -0.39 is 0 Å². The highest BCUT2D eigenvalue weighted by atomic mass is 32.1. The first-order valence-corrected chi connectivity index (χ1v) is 11.6. The fourth-order valence-corrected chi connectivity index (χ4v) is 4.96. The second-order valence-electron chi connectivity index (χ2n) is 8.32. The zero-order chi connectivity index (χ0) is 19.1. The number of hydrogen-bond donors (Lipinski definition) is 2. The molecule has 0 bridgehead atoms. The van der Waals surface area contributed by atoms with Gasteiger partial charge >= 0.3 is 0 Å². The standard InChI is InChI=1S/C21H37N5S/c1-4-19-25-18(15-27-19)14-26-11-7-17(8-12-26)13-23-20(22-3)24-16-21(5-2)9-6-10-21/h15,17H,4-14,16H2,1-3H3,(H2,22,23,24). The molecular weight excluding hydrogens is 354 g/mol. The Labute approximate surface area is 169 Å². The highest BCUT2D eigenvalue weighted by molar-refractivity contribution is 7.09. The van der Waals surface area contributed by atoms with E-state index in [1.54, 1.807) is 11.3 Å². The van der Waals surface area contributed by atoms with Crippen molar-refractivity contribution in [3.8, 4) is 0 Å². The van der Waals surface area contributed by atoms with Gasteiger partial charge in [-0.15, -0.1) is 11.3 Å². The van der Waals surface area contributed by atoms with E-state index in [2.05, 4.69) is 39.8 Å². The van der Waals surface area contributed by atoms with Crippen LogP contribution in [0.5, 0.6) is 0 Å². The lowest BCUT2D eigenvalue weighted by molar-refractivity contribution is 0.131. The molecule has 3 rings (SSSR count). The number of rotatable bonds is 8. The summed E-state index contributed by atoms with van der Waals surface area (Å²) < 4.78 is 0. The minimum Gasteiger partial charge on any atom is -0.356 e. The molecule has 1 aliphatic carbocycles. The van der Waals surface area contributed by atoms with E-state index in [0.29, 0.717) is 5.41 Å². The van der Waals surface area contributed by atoms with Crippen molar-refractivity contribution in [3.05, 3.63) is 16.1 Å². The molecule has 0 spiro atoms. The molecular formula is C21H37N5S. The molecule has 2 fully saturated rings. The number of thiazole rings is 1. The second-order valence-corrected chi connectivity index (χ2v) is 9.26. The van der Waals surface area contributed by atoms with Crippen LogP contribution in [-0.2, 0) is 13.0 Å². The van der Waals surface area contributed by atoms with Crippen LogP contribution >= 0.6 is 11.3 Å². The first-order chi connectivity index (χ1) is 13.2. The Morgan fingerprint density at radius 1 is 1.30 bits per heavy atom. The van der Waals surface area contributed by atoms with Gasteiger partial charge in [0.05, 0.1) is 10.7 Å². The van der Waals surface area contributed by atoms with Crippen molar-refractivity contribution >= 4 is 17.3 Å². The minimum absolute atomic E-state index is 0.524. The SMILES string of the molecule is CCc1nc(CN2CCC(CNC(=NC)NCC3(CC)CCC3)CC2)cs1. The zero-order valence-corrected chi connectivity index (χ0v) is 18.2. The van der Waals surface area contributed by atoms with E-state index in [1.807, 2.05) is 7.05 Å². The monoisotopic (exact) mass is 391 g/mol. The van der Waals surface area contributed by atoms with Crippen LogP contribution in [0.1, 0.15) is 63.1 Å². The number of nitrogens with one attached hydrogen (secondary N) is 2. The van der Waals surface area contributed by atoms with Gasteiger partial charge < -0.3 is 10.6 Å². The second kappa shape index (κ2) is 9.87. The lowest BCUT2D eigenvalue weighted by Gasteiger charge is -2.41. The number of nitrogens with zero attached hydrogens (tertiary/aromatic N) is 3. The van der Waals surface area contributed by atoms with Crippen molar-refractivity contribution in [1.82, 2.24) is 20.5 Å². The Morgan fingerprint density at radius 2 is 2.07 bits per heavy atom. The van der Waals surface area contributed by atoms with Crippen molar-refractivity contribution < 1.29 is 0 Å². The van der Waals surface area contributed by atoms with Gasteiger partial charge in [-0.25, -0.2) is 4.98 Å². The maximum atomic E-state index is 4.71. The summed E-state index contributed by atoms with van der Waals surface area (Å²) >= 11 is 1.80. The van der Waals surface area contributed by atoms with E-state index in [-0.39, 0.29) is 0 Å². The van der Waals surface area contributed by atoms with Gasteiger partial charge in [0.1, 0.15) is 0 Å². The summed E-state index contributed by atoms with van der Waals surface area (Å²) in [5, 5.41) is 10.6. The van der Waals surface area contributed by atoms with Crippen molar-refractivity contribution in [2.45, 2.75) is 65.3 Å². The molecule has 1 saturated carbocycles. The van der Waals surface area contributed by atoms with Crippen LogP contribution in [0.15, 0.2) is 10.4 Å². The summed E-state index contributed by atoms with van der Waals surface area (Å²) in [5.41, 5.74) is 1.77. The summed E-state index contributed by atoms with van der Waals surface area (Å²) in [5.74, 6) is 1.72. The molecule has 0 radical (unpaired) electrons. The predicted octanol–water partition coefficient (Wildman–Crippen LogP) is 3.66. The molecule has 27 heavy (non-hydrogen) atoms. The van der Waals surface area contributed by atoms with Crippen LogP contribution in [0.2, 0.25) is 0 Å². The lowest BCUT2D eigenvalue weighted by atomic mass is 9.67. The van der Waals surface area contributed by atoms with Crippen LogP contribution in [0.3, 0.4) is 0 Å². The molecule has 0 aromatic carbocycles. The summed E-state index contributed by atoms with van der Waals surface area (Å²) in [6.07, 6.45) is 8.96. The van der Waals surface area contributed by atoms with E-state index in [0.717, 1.165) is 37.9 Å². The molecule has 0 unspecified atom stereocenters. The number of aromatic nitrogens is 1. The predicted molar refractivity (Wildman–Crippen MR) is 115 cm³/mol. The average Bonchev–Trinajstić information content (AvgIpc) is 3.12. The molecule has 2 N–H and O–H groups in total. The molecule has 6 heteroatoms.